The summed E-state index contributed by atoms with van der Waals surface area (Å²) in [5.74, 6) is -1.30. The molecule has 1 aromatic rings. The van der Waals surface area contributed by atoms with E-state index in [1.807, 2.05) is 0 Å². The molecule has 1 radical (unpaired) electrons. The van der Waals surface area contributed by atoms with Crippen molar-refractivity contribution < 1.29 is 39.3 Å². The van der Waals surface area contributed by atoms with Crippen molar-refractivity contribution in [3.63, 3.8) is 0 Å². The van der Waals surface area contributed by atoms with Crippen LogP contribution in [0.3, 0.4) is 0 Å². The Morgan fingerprint density at radius 3 is 2.36 bits per heavy atom. The molecule has 7 heteroatoms. The van der Waals surface area contributed by atoms with Gasteiger partial charge in [0.2, 0.25) is 0 Å². The zero-order valence-corrected chi connectivity index (χ0v) is 8.33. The Balaban J connectivity index is 0.00000169. The topological polar surface area (TPSA) is 71.4 Å². The molecule has 0 atom stereocenters. The molecule has 0 unspecified atom stereocenters. The molecule has 1 aromatic carbocycles. The third kappa shape index (κ3) is 3.10. The fourth-order valence-electron chi connectivity index (χ4n) is 0.781. The first-order chi connectivity index (χ1) is 5.91. The average Bonchev–Trinajstić information content (AvgIpc) is 2.03. The third-order valence-electron chi connectivity index (χ3n) is 1.36. The summed E-state index contributed by atoms with van der Waals surface area (Å²) in [6.07, 6.45) is 0. The maximum Gasteiger partial charge on any atom is 2.00 e. The van der Waals surface area contributed by atoms with E-state index in [4.69, 9.17) is 5.11 Å². The summed E-state index contributed by atoms with van der Waals surface area (Å²) in [4.78, 5) is 9.72. The van der Waals surface area contributed by atoms with Gasteiger partial charge < -0.3 is 5.11 Å². The molecular formula is C7H5CuFO4S+2. The van der Waals surface area contributed by atoms with E-state index in [0.717, 1.165) is 18.2 Å². The molecule has 0 spiro atoms. The molecule has 0 amide bonds. The molecule has 0 saturated carbocycles. The van der Waals surface area contributed by atoms with Crippen LogP contribution in [-0.2, 0) is 27.3 Å². The van der Waals surface area contributed by atoms with Crippen molar-refractivity contribution in [2.75, 3.05) is 0 Å². The van der Waals surface area contributed by atoms with Crippen LogP contribution >= 0.6 is 0 Å². The maximum atomic E-state index is 12.3. The van der Waals surface area contributed by atoms with Crippen molar-refractivity contribution in [1.82, 2.24) is 0 Å². The molecule has 1 N–H and O–H groups in total. The monoisotopic (exact) mass is 267 g/mol. The predicted molar refractivity (Wildman–Crippen MR) is 41.7 cm³/mol. The molecule has 0 heterocycles. The summed E-state index contributed by atoms with van der Waals surface area (Å²) < 4.78 is 33.0. The smallest absolute Gasteiger partial charge is 0.478 e. The standard InChI is InChI=1S/C7H5FO4S.Cu/c8-13(11,12)6-3-1-2-5(4-6)7(9)10;/h1-4H,(H,9,10);/q;+2. The van der Waals surface area contributed by atoms with Gasteiger partial charge in [-0.05, 0) is 18.2 Å². The first kappa shape index (κ1) is 13.1. The Morgan fingerprint density at radius 2 is 1.93 bits per heavy atom. The molecule has 0 bridgehead atoms. The van der Waals surface area contributed by atoms with Gasteiger partial charge >= 0.3 is 33.3 Å². The normalized spacial score (nSPS) is 10.4. The largest absolute Gasteiger partial charge is 2.00 e. The van der Waals surface area contributed by atoms with Gasteiger partial charge in [-0.2, -0.15) is 8.42 Å². The summed E-state index contributed by atoms with van der Waals surface area (Å²) in [5.41, 5.74) is -0.265. The molecule has 0 aliphatic heterocycles. The molecular weight excluding hydrogens is 263 g/mol. The predicted octanol–water partition coefficient (Wildman–Crippen LogP) is 1.04. The second kappa shape index (κ2) is 4.54. The zero-order chi connectivity index (χ0) is 10.1. The van der Waals surface area contributed by atoms with Gasteiger partial charge in [0.15, 0.2) is 0 Å². The number of aromatic carboxylic acids is 1. The van der Waals surface area contributed by atoms with Gasteiger partial charge in [-0.15, -0.1) is 3.89 Å². The number of hydrogen-bond donors (Lipinski definition) is 1. The molecule has 0 saturated heterocycles. The van der Waals surface area contributed by atoms with Gasteiger partial charge in [0, 0.05) is 0 Å². The molecule has 0 aliphatic carbocycles. The van der Waals surface area contributed by atoms with Crippen molar-refractivity contribution in [2.24, 2.45) is 0 Å². The molecule has 1 rings (SSSR count). The molecule has 79 valence electrons. The first-order valence-electron chi connectivity index (χ1n) is 3.19. The van der Waals surface area contributed by atoms with Crippen molar-refractivity contribution in [3.8, 4) is 0 Å². The minimum absolute atomic E-state index is 0. The maximum absolute atomic E-state index is 12.3. The molecule has 0 aromatic heterocycles. The zero-order valence-electron chi connectivity index (χ0n) is 6.57. The van der Waals surface area contributed by atoms with Crippen LogP contribution in [0.4, 0.5) is 3.89 Å². The minimum atomic E-state index is -4.82. The first-order valence-corrected chi connectivity index (χ1v) is 4.57. The number of halogens is 1. The second-order valence-corrected chi connectivity index (χ2v) is 3.62. The third-order valence-corrected chi connectivity index (χ3v) is 2.18. The van der Waals surface area contributed by atoms with Gasteiger partial charge in [0.25, 0.3) is 0 Å². The van der Waals surface area contributed by atoms with Crippen LogP contribution in [0.15, 0.2) is 29.2 Å². The Hall–Kier alpha value is -0.911. The summed E-state index contributed by atoms with van der Waals surface area (Å²) in [6.45, 7) is 0. The van der Waals surface area contributed by atoms with Gasteiger partial charge in [-0.3, -0.25) is 0 Å². The Bertz CT molecular complexity index is 443. The number of carboxylic acids is 1. The van der Waals surface area contributed by atoms with Crippen molar-refractivity contribution in [3.05, 3.63) is 29.8 Å². The molecule has 0 aliphatic rings. The van der Waals surface area contributed by atoms with Crippen molar-refractivity contribution in [2.45, 2.75) is 4.90 Å². The number of hydrogen-bond acceptors (Lipinski definition) is 3. The minimum Gasteiger partial charge on any atom is -0.478 e. The number of rotatable bonds is 2. The van der Waals surface area contributed by atoms with E-state index in [2.05, 4.69) is 0 Å². The van der Waals surface area contributed by atoms with Crippen LogP contribution < -0.4 is 0 Å². The van der Waals surface area contributed by atoms with Crippen LogP contribution in [0.2, 0.25) is 0 Å². The Morgan fingerprint density at radius 1 is 1.36 bits per heavy atom. The van der Waals surface area contributed by atoms with Gasteiger partial charge in [0.1, 0.15) is 0 Å². The van der Waals surface area contributed by atoms with E-state index in [1.54, 1.807) is 0 Å². The van der Waals surface area contributed by atoms with Crippen molar-refractivity contribution in [1.29, 1.82) is 0 Å². The summed E-state index contributed by atoms with van der Waals surface area (Å²) in [5, 5.41) is 8.46. The van der Waals surface area contributed by atoms with Crippen LogP contribution in [0.1, 0.15) is 10.4 Å². The molecule has 4 nitrogen and oxygen atoms in total. The van der Waals surface area contributed by atoms with E-state index < -0.39 is 21.1 Å². The Kier molecular flexibility index (Phi) is 4.25. The Labute approximate surface area is 90.4 Å². The summed E-state index contributed by atoms with van der Waals surface area (Å²) in [6, 6.07) is 4.09. The van der Waals surface area contributed by atoms with Gasteiger partial charge in [-0.1, -0.05) is 6.07 Å². The second-order valence-electron chi connectivity index (χ2n) is 2.27. The average molecular weight is 268 g/mol. The summed E-state index contributed by atoms with van der Waals surface area (Å²) >= 11 is 0. The fraction of sp³-hybridized carbons (Fsp3) is 0. The van der Waals surface area contributed by atoms with Crippen LogP contribution in [0.5, 0.6) is 0 Å². The number of carboxylic acid groups (broad SMARTS) is 1. The van der Waals surface area contributed by atoms with Crippen LogP contribution in [0.25, 0.3) is 0 Å². The van der Waals surface area contributed by atoms with E-state index in [1.165, 1.54) is 6.07 Å². The van der Waals surface area contributed by atoms with Crippen molar-refractivity contribution >= 4 is 16.2 Å². The van der Waals surface area contributed by atoms with E-state index >= 15 is 0 Å². The summed E-state index contributed by atoms with van der Waals surface area (Å²) in [7, 11) is -4.82. The van der Waals surface area contributed by atoms with E-state index in [-0.39, 0.29) is 22.6 Å². The SMILES string of the molecule is O=C(O)c1cccc(S(=O)(=O)F)c1.[Cu+2]. The number of carbonyl (C=O) groups is 1. The van der Waals surface area contributed by atoms with Crippen LogP contribution in [-0.4, -0.2) is 19.5 Å². The quantitative estimate of drug-likeness (QED) is 0.642. The van der Waals surface area contributed by atoms with Crippen LogP contribution in [0, 0.1) is 0 Å². The number of benzene rings is 1. The molecule has 14 heavy (non-hydrogen) atoms. The van der Waals surface area contributed by atoms with Gasteiger partial charge in [0.05, 0.1) is 10.5 Å². The van der Waals surface area contributed by atoms with E-state index in [0.29, 0.717) is 0 Å². The van der Waals surface area contributed by atoms with E-state index in [9.17, 15) is 17.1 Å². The molecule has 0 fully saturated rings. The fourth-order valence-corrected chi connectivity index (χ4v) is 1.29. The van der Waals surface area contributed by atoms with Gasteiger partial charge in [-0.25, -0.2) is 4.79 Å².